The lowest BCUT2D eigenvalue weighted by Crippen LogP contribution is -2.44. The van der Waals surface area contributed by atoms with Gasteiger partial charge in [0.1, 0.15) is 11.8 Å². The second kappa shape index (κ2) is 6.58. The van der Waals surface area contributed by atoms with Gasteiger partial charge in [0.05, 0.1) is 19.1 Å². The summed E-state index contributed by atoms with van der Waals surface area (Å²) >= 11 is 0. The summed E-state index contributed by atoms with van der Waals surface area (Å²) in [6.45, 7) is 6.39. The van der Waals surface area contributed by atoms with E-state index in [9.17, 15) is 9.59 Å². The molecule has 2 atom stereocenters. The topological polar surface area (TPSA) is 79.5 Å². The molecule has 1 saturated heterocycles. The molecule has 1 heterocycles. The Morgan fingerprint density at radius 1 is 1.52 bits per heavy atom. The zero-order valence-electron chi connectivity index (χ0n) is 12.5. The molecule has 1 aliphatic heterocycles. The highest BCUT2D eigenvalue weighted by Crippen LogP contribution is 2.26. The summed E-state index contributed by atoms with van der Waals surface area (Å²) < 4.78 is 5.60. The summed E-state index contributed by atoms with van der Waals surface area (Å²) in [6, 6.07) is 5.16. The fourth-order valence-electron chi connectivity index (χ4n) is 2.30. The van der Waals surface area contributed by atoms with Crippen LogP contribution >= 0.6 is 0 Å². The van der Waals surface area contributed by atoms with Crippen LogP contribution in [0, 0.1) is 6.92 Å². The Balaban J connectivity index is 2.08. The van der Waals surface area contributed by atoms with Gasteiger partial charge in [0.25, 0.3) is 0 Å². The van der Waals surface area contributed by atoms with Gasteiger partial charge in [-0.3, -0.25) is 15.0 Å². The average molecular weight is 291 g/mol. The molecular formula is C15H21N3O3. The molecule has 1 aliphatic rings. The van der Waals surface area contributed by atoms with E-state index in [-0.39, 0.29) is 24.3 Å². The lowest BCUT2D eigenvalue weighted by Gasteiger charge is -2.20. The fourth-order valence-corrected chi connectivity index (χ4v) is 2.30. The number of ether oxygens (including phenoxy) is 1. The number of carbonyl (C=O) groups is 2. The van der Waals surface area contributed by atoms with Crippen molar-refractivity contribution in [2.24, 2.45) is 0 Å². The SMILES string of the molecule is CCOc1ccc(C)cc1C(C)NC(=O)C1CC(=O)NN1. The Morgan fingerprint density at radius 2 is 2.29 bits per heavy atom. The van der Waals surface area contributed by atoms with Crippen molar-refractivity contribution in [2.45, 2.75) is 39.3 Å². The molecule has 1 fully saturated rings. The zero-order chi connectivity index (χ0) is 15.4. The van der Waals surface area contributed by atoms with Crippen LogP contribution in [0.25, 0.3) is 0 Å². The molecule has 2 amide bonds. The highest BCUT2D eigenvalue weighted by molar-refractivity contribution is 5.91. The molecule has 2 rings (SSSR count). The van der Waals surface area contributed by atoms with Gasteiger partial charge in [0, 0.05) is 5.56 Å². The van der Waals surface area contributed by atoms with Crippen LogP contribution in [0.2, 0.25) is 0 Å². The summed E-state index contributed by atoms with van der Waals surface area (Å²) in [6.07, 6.45) is 0.157. The second-order valence-corrected chi connectivity index (χ2v) is 5.15. The highest BCUT2D eigenvalue weighted by Gasteiger charge is 2.28. The van der Waals surface area contributed by atoms with Crippen LogP contribution in [0.3, 0.4) is 0 Å². The number of hydrazine groups is 1. The minimum absolute atomic E-state index is 0.157. The summed E-state index contributed by atoms with van der Waals surface area (Å²) in [4.78, 5) is 23.2. The van der Waals surface area contributed by atoms with E-state index in [0.717, 1.165) is 16.9 Å². The molecule has 0 bridgehead atoms. The van der Waals surface area contributed by atoms with Gasteiger partial charge in [-0.1, -0.05) is 17.7 Å². The predicted molar refractivity (Wildman–Crippen MR) is 78.6 cm³/mol. The lowest BCUT2D eigenvalue weighted by atomic mass is 10.0. The Kier molecular flexibility index (Phi) is 4.80. The molecule has 2 unspecified atom stereocenters. The van der Waals surface area contributed by atoms with Gasteiger partial charge in [0.2, 0.25) is 11.8 Å². The Morgan fingerprint density at radius 3 is 2.90 bits per heavy atom. The monoisotopic (exact) mass is 291 g/mol. The third kappa shape index (κ3) is 3.72. The highest BCUT2D eigenvalue weighted by atomic mass is 16.5. The van der Waals surface area contributed by atoms with Crippen LogP contribution in [0.5, 0.6) is 5.75 Å². The van der Waals surface area contributed by atoms with Crippen molar-refractivity contribution in [2.75, 3.05) is 6.61 Å². The molecule has 21 heavy (non-hydrogen) atoms. The van der Waals surface area contributed by atoms with Gasteiger partial charge < -0.3 is 10.1 Å². The van der Waals surface area contributed by atoms with E-state index in [0.29, 0.717) is 6.61 Å². The van der Waals surface area contributed by atoms with Crippen LogP contribution < -0.4 is 20.9 Å². The minimum Gasteiger partial charge on any atom is -0.494 e. The van der Waals surface area contributed by atoms with Crippen molar-refractivity contribution < 1.29 is 14.3 Å². The van der Waals surface area contributed by atoms with E-state index in [2.05, 4.69) is 16.2 Å². The first-order valence-electron chi connectivity index (χ1n) is 7.09. The predicted octanol–water partition coefficient (Wildman–Crippen LogP) is 0.964. The molecule has 0 aromatic heterocycles. The maximum absolute atomic E-state index is 12.1. The third-order valence-corrected chi connectivity index (χ3v) is 3.38. The summed E-state index contributed by atoms with van der Waals surface area (Å²) in [5, 5.41) is 2.91. The summed E-state index contributed by atoms with van der Waals surface area (Å²) in [5.74, 6) is 0.391. The Hall–Kier alpha value is -2.08. The van der Waals surface area contributed by atoms with E-state index in [4.69, 9.17) is 4.74 Å². The van der Waals surface area contributed by atoms with E-state index < -0.39 is 6.04 Å². The number of aryl methyl sites for hydroxylation is 1. The van der Waals surface area contributed by atoms with Crippen molar-refractivity contribution in [1.29, 1.82) is 0 Å². The summed E-state index contributed by atoms with van der Waals surface area (Å²) in [7, 11) is 0. The minimum atomic E-state index is -0.527. The standard InChI is InChI=1S/C15H21N3O3/c1-4-21-13-6-5-9(2)7-11(13)10(3)16-15(20)12-8-14(19)18-17-12/h5-7,10,12,17H,4,8H2,1-3H3,(H,16,20)(H,18,19). The Labute approximate surface area is 124 Å². The number of nitrogens with one attached hydrogen (secondary N) is 3. The first-order chi connectivity index (χ1) is 10.0. The van der Waals surface area contributed by atoms with Crippen molar-refractivity contribution >= 4 is 11.8 Å². The molecular weight excluding hydrogens is 270 g/mol. The largest absolute Gasteiger partial charge is 0.494 e. The van der Waals surface area contributed by atoms with Crippen molar-refractivity contribution in [3.63, 3.8) is 0 Å². The van der Waals surface area contributed by atoms with Gasteiger partial charge in [0.15, 0.2) is 0 Å². The lowest BCUT2D eigenvalue weighted by molar-refractivity contribution is -0.125. The molecule has 6 nitrogen and oxygen atoms in total. The smallest absolute Gasteiger partial charge is 0.239 e. The van der Waals surface area contributed by atoms with E-state index in [1.807, 2.05) is 39.0 Å². The normalized spacial score (nSPS) is 19.0. The number of hydrogen-bond donors (Lipinski definition) is 3. The Bertz CT molecular complexity index is 545. The molecule has 0 aliphatic carbocycles. The number of benzene rings is 1. The van der Waals surface area contributed by atoms with Gasteiger partial charge in [-0.2, -0.15) is 0 Å². The number of rotatable bonds is 5. The molecule has 0 saturated carbocycles. The van der Waals surface area contributed by atoms with Crippen LogP contribution in [0.15, 0.2) is 18.2 Å². The summed E-state index contributed by atoms with van der Waals surface area (Å²) in [5.41, 5.74) is 7.14. The maximum atomic E-state index is 12.1. The molecule has 1 aromatic carbocycles. The van der Waals surface area contributed by atoms with Gasteiger partial charge in [-0.25, -0.2) is 5.43 Å². The number of amides is 2. The van der Waals surface area contributed by atoms with Gasteiger partial charge >= 0.3 is 0 Å². The van der Waals surface area contributed by atoms with E-state index >= 15 is 0 Å². The second-order valence-electron chi connectivity index (χ2n) is 5.15. The van der Waals surface area contributed by atoms with Crippen LogP contribution in [-0.2, 0) is 9.59 Å². The molecule has 3 N–H and O–H groups in total. The first-order valence-corrected chi connectivity index (χ1v) is 7.09. The zero-order valence-corrected chi connectivity index (χ0v) is 12.5. The number of carbonyl (C=O) groups excluding carboxylic acids is 2. The first kappa shape index (κ1) is 15.3. The van der Waals surface area contributed by atoms with Gasteiger partial charge in [-0.05, 0) is 26.8 Å². The molecule has 6 heteroatoms. The molecule has 1 aromatic rings. The van der Waals surface area contributed by atoms with Crippen molar-refractivity contribution in [1.82, 2.24) is 16.2 Å². The van der Waals surface area contributed by atoms with Crippen LogP contribution in [-0.4, -0.2) is 24.5 Å². The van der Waals surface area contributed by atoms with Crippen molar-refractivity contribution in [3.05, 3.63) is 29.3 Å². The van der Waals surface area contributed by atoms with Crippen LogP contribution in [0.1, 0.15) is 37.4 Å². The van der Waals surface area contributed by atoms with Crippen LogP contribution in [0.4, 0.5) is 0 Å². The average Bonchev–Trinajstić information content (AvgIpc) is 2.87. The number of hydrogen-bond acceptors (Lipinski definition) is 4. The maximum Gasteiger partial charge on any atom is 0.239 e. The van der Waals surface area contributed by atoms with E-state index in [1.54, 1.807) is 0 Å². The molecule has 114 valence electrons. The van der Waals surface area contributed by atoms with Gasteiger partial charge in [-0.15, -0.1) is 0 Å². The van der Waals surface area contributed by atoms with Crippen molar-refractivity contribution in [3.8, 4) is 5.75 Å². The third-order valence-electron chi connectivity index (χ3n) is 3.38. The quantitative estimate of drug-likeness (QED) is 0.755. The fraction of sp³-hybridized carbons (Fsp3) is 0.467. The molecule has 0 radical (unpaired) electrons. The molecule has 0 spiro atoms. The van der Waals surface area contributed by atoms with E-state index in [1.165, 1.54) is 0 Å².